The first-order valence-corrected chi connectivity index (χ1v) is 7.09. The number of thiazole rings is 1. The Labute approximate surface area is 127 Å². The Kier molecular flexibility index (Phi) is 3.63. The van der Waals surface area contributed by atoms with Crippen molar-refractivity contribution >= 4 is 27.6 Å². The predicted octanol–water partition coefficient (Wildman–Crippen LogP) is -1.98. The number of aromatic nitrogens is 3. The standard InChI is InChI=1S/C11H14N4O6S/c1-20-11(19)5(3-16)21-8(6(11)17)15-7-4(22-10(15)18)2-13-9(12)14-7/h2,5-6,8,16-17,19H,3H2,1H3,(H2,12,13,14)/t5-,6+,8+,11-/m0/s1. The number of nitrogens with two attached hydrogens (primary N) is 1. The van der Waals surface area contributed by atoms with Crippen molar-refractivity contribution < 1.29 is 24.8 Å². The zero-order chi connectivity index (χ0) is 16.1. The van der Waals surface area contributed by atoms with E-state index in [0.717, 1.165) is 23.0 Å². The van der Waals surface area contributed by atoms with Crippen LogP contribution in [-0.4, -0.2) is 61.6 Å². The van der Waals surface area contributed by atoms with Gasteiger partial charge in [0.1, 0.15) is 6.10 Å². The van der Waals surface area contributed by atoms with Crippen LogP contribution in [0.1, 0.15) is 6.23 Å². The number of methoxy groups -OCH3 is 1. The number of hydrogen-bond acceptors (Lipinski definition) is 10. The van der Waals surface area contributed by atoms with E-state index in [1.807, 2.05) is 0 Å². The fourth-order valence-corrected chi connectivity index (χ4v) is 3.25. The van der Waals surface area contributed by atoms with Crippen molar-refractivity contribution in [2.45, 2.75) is 24.2 Å². The minimum Gasteiger partial charge on any atom is -0.393 e. The number of aliphatic hydroxyl groups excluding tert-OH is 2. The number of nitrogens with zero attached hydrogens (tertiary/aromatic N) is 3. The third-order valence-electron chi connectivity index (χ3n) is 3.58. The zero-order valence-electron chi connectivity index (χ0n) is 11.4. The topological polar surface area (TPSA) is 153 Å². The van der Waals surface area contributed by atoms with Gasteiger partial charge in [-0.15, -0.1) is 0 Å². The molecule has 1 aliphatic rings. The molecule has 0 spiro atoms. The summed E-state index contributed by atoms with van der Waals surface area (Å²) in [6.07, 6.45) is -2.73. The highest BCUT2D eigenvalue weighted by Gasteiger charge is 2.57. The van der Waals surface area contributed by atoms with E-state index in [4.69, 9.17) is 15.2 Å². The highest BCUT2D eigenvalue weighted by atomic mass is 32.1. The van der Waals surface area contributed by atoms with Crippen molar-refractivity contribution in [3.8, 4) is 0 Å². The van der Waals surface area contributed by atoms with Gasteiger partial charge in [0.25, 0.3) is 0 Å². The SMILES string of the molecule is CO[C@@]1(O)[C@H](CO)O[C@@H](n2c(=O)sc3cnc(N)nc32)[C@H]1O. The third kappa shape index (κ3) is 2.02. The summed E-state index contributed by atoms with van der Waals surface area (Å²) in [5.41, 5.74) is 5.69. The molecule has 3 heterocycles. The molecule has 2 aromatic heterocycles. The van der Waals surface area contributed by atoms with Crippen molar-refractivity contribution in [1.82, 2.24) is 14.5 Å². The summed E-state index contributed by atoms with van der Waals surface area (Å²) in [5.74, 6) is -2.20. The molecule has 10 nitrogen and oxygen atoms in total. The molecular formula is C11H14N4O6S. The Morgan fingerprint density at radius 2 is 2.36 bits per heavy atom. The molecule has 0 radical (unpaired) electrons. The van der Waals surface area contributed by atoms with E-state index in [1.54, 1.807) is 0 Å². The van der Waals surface area contributed by atoms with Gasteiger partial charge in [-0.05, 0) is 0 Å². The van der Waals surface area contributed by atoms with Gasteiger partial charge in [0.05, 0.1) is 17.5 Å². The molecule has 5 N–H and O–H groups in total. The van der Waals surface area contributed by atoms with E-state index in [2.05, 4.69) is 9.97 Å². The highest BCUT2D eigenvalue weighted by Crippen LogP contribution is 2.38. The second-order valence-electron chi connectivity index (χ2n) is 4.75. The van der Waals surface area contributed by atoms with Crippen LogP contribution in [0.4, 0.5) is 5.95 Å². The molecule has 2 aromatic rings. The number of rotatable bonds is 3. The lowest BCUT2D eigenvalue weighted by atomic mass is 10.1. The monoisotopic (exact) mass is 330 g/mol. The number of aliphatic hydroxyl groups is 3. The minimum atomic E-state index is -2.15. The van der Waals surface area contributed by atoms with Gasteiger partial charge in [-0.25, -0.2) is 4.98 Å². The molecular weight excluding hydrogens is 316 g/mol. The van der Waals surface area contributed by atoms with Gasteiger partial charge in [0, 0.05) is 7.11 Å². The normalized spacial score (nSPS) is 31.9. The van der Waals surface area contributed by atoms with E-state index in [0.29, 0.717) is 4.70 Å². The summed E-state index contributed by atoms with van der Waals surface area (Å²) in [6, 6.07) is 0. The summed E-state index contributed by atoms with van der Waals surface area (Å²) in [7, 11) is 1.16. The summed E-state index contributed by atoms with van der Waals surface area (Å²) in [6.45, 7) is -0.605. The van der Waals surface area contributed by atoms with Crippen molar-refractivity contribution in [2.24, 2.45) is 0 Å². The molecule has 1 fully saturated rings. The minimum absolute atomic E-state index is 0.0488. The van der Waals surface area contributed by atoms with E-state index in [1.165, 1.54) is 6.20 Å². The molecule has 0 unspecified atom stereocenters. The maximum atomic E-state index is 12.2. The summed E-state index contributed by atoms with van der Waals surface area (Å²) < 4.78 is 11.8. The van der Waals surface area contributed by atoms with Crippen LogP contribution in [0, 0.1) is 0 Å². The van der Waals surface area contributed by atoms with Crippen molar-refractivity contribution in [2.75, 3.05) is 19.5 Å². The Morgan fingerprint density at radius 3 is 2.95 bits per heavy atom. The lowest BCUT2D eigenvalue weighted by molar-refractivity contribution is -0.252. The van der Waals surface area contributed by atoms with Crippen LogP contribution in [0.5, 0.6) is 0 Å². The molecule has 3 rings (SSSR count). The summed E-state index contributed by atoms with van der Waals surface area (Å²) >= 11 is 0.844. The van der Waals surface area contributed by atoms with Crippen molar-refractivity contribution in [1.29, 1.82) is 0 Å². The van der Waals surface area contributed by atoms with Gasteiger partial charge >= 0.3 is 4.87 Å². The van der Waals surface area contributed by atoms with Gasteiger partial charge in [-0.1, -0.05) is 11.3 Å². The lowest BCUT2D eigenvalue weighted by Gasteiger charge is -2.27. The molecule has 22 heavy (non-hydrogen) atoms. The first-order chi connectivity index (χ1) is 10.4. The van der Waals surface area contributed by atoms with Gasteiger partial charge in [-0.3, -0.25) is 9.36 Å². The molecule has 0 aliphatic carbocycles. The quantitative estimate of drug-likeness (QED) is 0.469. The molecule has 120 valence electrons. The Morgan fingerprint density at radius 1 is 1.64 bits per heavy atom. The second kappa shape index (κ2) is 5.22. The Bertz CT molecular complexity index is 763. The second-order valence-corrected chi connectivity index (χ2v) is 5.75. The number of anilines is 1. The lowest BCUT2D eigenvalue weighted by Crippen LogP contribution is -2.50. The zero-order valence-corrected chi connectivity index (χ0v) is 12.2. The molecule has 0 amide bonds. The number of nitrogen functional groups attached to an aromatic ring is 1. The summed E-state index contributed by atoms with van der Waals surface area (Å²) in [5, 5.41) is 29.9. The molecule has 1 saturated heterocycles. The van der Waals surface area contributed by atoms with Crippen LogP contribution in [0.3, 0.4) is 0 Å². The number of ether oxygens (including phenoxy) is 2. The molecule has 0 saturated carbocycles. The van der Waals surface area contributed by atoms with E-state index in [-0.39, 0.29) is 11.6 Å². The third-order valence-corrected chi connectivity index (χ3v) is 4.46. The average molecular weight is 330 g/mol. The maximum Gasteiger partial charge on any atom is 0.311 e. The first-order valence-electron chi connectivity index (χ1n) is 6.27. The van der Waals surface area contributed by atoms with E-state index < -0.39 is 35.7 Å². The van der Waals surface area contributed by atoms with E-state index >= 15 is 0 Å². The van der Waals surface area contributed by atoms with E-state index in [9.17, 15) is 20.1 Å². The molecule has 0 bridgehead atoms. The predicted molar refractivity (Wildman–Crippen MR) is 75.0 cm³/mol. The maximum absolute atomic E-state index is 12.2. The van der Waals surface area contributed by atoms with Crippen molar-refractivity contribution in [3.63, 3.8) is 0 Å². The van der Waals surface area contributed by atoms with Gasteiger partial charge < -0.3 is 30.5 Å². The van der Waals surface area contributed by atoms with Gasteiger partial charge in [0.15, 0.2) is 18.0 Å². The Balaban J connectivity index is 2.14. The average Bonchev–Trinajstić information content (AvgIpc) is 2.94. The van der Waals surface area contributed by atoms with Gasteiger partial charge in [0.2, 0.25) is 11.7 Å². The number of fused-ring (bicyclic) bond motifs is 1. The van der Waals surface area contributed by atoms with Crippen LogP contribution in [0.25, 0.3) is 10.3 Å². The number of hydrogen-bond donors (Lipinski definition) is 4. The van der Waals surface area contributed by atoms with Crippen LogP contribution >= 0.6 is 11.3 Å². The van der Waals surface area contributed by atoms with Crippen molar-refractivity contribution in [3.05, 3.63) is 15.9 Å². The highest BCUT2D eigenvalue weighted by molar-refractivity contribution is 7.16. The fourth-order valence-electron chi connectivity index (χ4n) is 2.44. The molecule has 4 atom stereocenters. The summed E-state index contributed by atoms with van der Waals surface area (Å²) in [4.78, 5) is 19.5. The smallest absolute Gasteiger partial charge is 0.311 e. The Hall–Kier alpha value is -1.63. The van der Waals surface area contributed by atoms with Crippen LogP contribution < -0.4 is 10.6 Å². The first kappa shape index (κ1) is 15.3. The van der Waals surface area contributed by atoms with Crippen LogP contribution in [0.2, 0.25) is 0 Å². The largest absolute Gasteiger partial charge is 0.393 e. The van der Waals surface area contributed by atoms with Crippen LogP contribution in [-0.2, 0) is 9.47 Å². The fraction of sp³-hybridized carbons (Fsp3) is 0.545. The molecule has 0 aromatic carbocycles. The van der Waals surface area contributed by atoms with Gasteiger partial charge in [-0.2, -0.15) is 4.98 Å². The molecule has 11 heteroatoms. The molecule has 1 aliphatic heterocycles. The van der Waals surface area contributed by atoms with Crippen LogP contribution in [0.15, 0.2) is 11.0 Å².